The Labute approximate surface area is 174 Å². The number of imide groups is 1. The normalized spacial score (nSPS) is 18.0. The number of esters is 1. The van der Waals surface area contributed by atoms with Gasteiger partial charge in [-0.25, -0.2) is 4.79 Å². The van der Waals surface area contributed by atoms with E-state index >= 15 is 0 Å². The van der Waals surface area contributed by atoms with Gasteiger partial charge in [0, 0.05) is 18.3 Å². The van der Waals surface area contributed by atoms with Crippen molar-refractivity contribution >= 4 is 41.1 Å². The quantitative estimate of drug-likeness (QED) is 0.412. The minimum atomic E-state index is -1.03. The van der Waals surface area contributed by atoms with Gasteiger partial charge in [0.25, 0.3) is 11.8 Å². The predicted octanol–water partition coefficient (Wildman–Crippen LogP) is 1.63. The molecule has 5 amide bonds. The Morgan fingerprint density at radius 3 is 2.27 bits per heavy atom. The van der Waals surface area contributed by atoms with Gasteiger partial charge >= 0.3 is 12.0 Å². The zero-order valence-corrected chi connectivity index (χ0v) is 17.2. The van der Waals surface area contributed by atoms with Gasteiger partial charge in [0.15, 0.2) is 6.61 Å². The molecule has 1 aliphatic rings. The van der Waals surface area contributed by atoms with Crippen LogP contribution in [0.1, 0.15) is 40.0 Å². The van der Waals surface area contributed by atoms with E-state index in [1.807, 2.05) is 6.92 Å². The number of carbonyl (C=O) groups excluding carboxylic acids is 5. The van der Waals surface area contributed by atoms with Crippen LogP contribution in [0.2, 0.25) is 0 Å². The highest BCUT2D eigenvalue weighted by molar-refractivity contribution is 6.08. The minimum Gasteiger partial charge on any atom is -0.454 e. The first-order chi connectivity index (χ1) is 14.1. The molecular formula is C20H26N4O6. The van der Waals surface area contributed by atoms with Crippen LogP contribution < -0.4 is 16.0 Å². The number of carbonyl (C=O) groups is 5. The van der Waals surface area contributed by atoms with Crippen molar-refractivity contribution in [1.82, 2.24) is 10.2 Å². The molecule has 2 rings (SSSR count). The molecule has 1 saturated heterocycles. The van der Waals surface area contributed by atoms with Crippen molar-refractivity contribution in [3.63, 3.8) is 0 Å². The molecule has 1 aromatic rings. The highest BCUT2D eigenvalue weighted by Gasteiger charge is 2.47. The highest BCUT2D eigenvalue weighted by atomic mass is 16.5. The van der Waals surface area contributed by atoms with Gasteiger partial charge in [0.2, 0.25) is 5.91 Å². The molecule has 3 N–H and O–H groups in total. The molecule has 1 heterocycles. The molecule has 0 aromatic heterocycles. The van der Waals surface area contributed by atoms with Gasteiger partial charge in [-0.15, -0.1) is 0 Å². The summed E-state index contributed by atoms with van der Waals surface area (Å²) in [6.07, 6.45) is 2.10. The Bertz CT molecular complexity index is 838. The molecule has 1 fully saturated rings. The third kappa shape index (κ3) is 6.03. The maximum Gasteiger partial charge on any atom is 0.326 e. The van der Waals surface area contributed by atoms with Gasteiger partial charge in [-0.05, 0) is 37.6 Å². The first kappa shape index (κ1) is 22.9. The first-order valence-corrected chi connectivity index (χ1v) is 9.62. The summed E-state index contributed by atoms with van der Waals surface area (Å²) in [5.41, 5.74) is -0.00824. The summed E-state index contributed by atoms with van der Waals surface area (Å²) in [7, 11) is 0. The van der Waals surface area contributed by atoms with E-state index in [1.165, 1.54) is 6.92 Å². The van der Waals surface area contributed by atoms with Crippen molar-refractivity contribution in [2.24, 2.45) is 0 Å². The molecular weight excluding hydrogens is 392 g/mol. The maximum atomic E-state index is 12.5. The molecule has 0 spiro atoms. The number of unbranched alkanes of at least 4 members (excludes halogenated alkanes) is 1. The van der Waals surface area contributed by atoms with Gasteiger partial charge in [0.05, 0.1) is 0 Å². The van der Waals surface area contributed by atoms with Crippen LogP contribution in [-0.2, 0) is 23.9 Å². The van der Waals surface area contributed by atoms with Gasteiger partial charge in [-0.3, -0.25) is 24.1 Å². The number of hydrogen-bond donors (Lipinski definition) is 3. The van der Waals surface area contributed by atoms with Gasteiger partial charge < -0.3 is 20.7 Å². The Hall–Kier alpha value is -3.43. The number of benzene rings is 1. The molecule has 0 aliphatic carbocycles. The second kappa shape index (κ2) is 9.86. The summed E-state index contributed by atoms with van der Waals surface area (Å²) in [5, 5.41) is 7.74. The van der Waals surface area contributed by atoms with E-state index in [1.54, 1.807) is 31.2 Å². The van der Waals surface area contributed by atoms with Crippen molar-refractivity contribution in [2.75, 3.05) is 23.8 Å². The van der Waals surface area contributed by atoms with E-state index in [0.717, 1.165) is 17.7 Å². The Balaban J connectivity index is 1.81. The predicted molar refractivity (Wildman–Crippen MR) is 109 cm³/mol. The van der Waals surface area contributed by atoms with Crippen LogP contribution in [0, 0.1) is 0 Å². The number of anilines is 2. The third-order valence-corrected chi connectivity index (χ3v) is 4.52. The lowest BCUT2D eigenvalue weighted by Crippen LogP contribution is -2.44. The largest absolute Gasteiger partial charge is 0.454 e. The number of nitrogens with zero attached hydrogens (tertiary/aromatic N) is 1. The Morgan fingerprint density at radius 1 is 1.10 bits per heavy atom. The van der Waals surface area contributed by atoms with Gasteiger partial charge in [-0.1, -0.05) is 19.8 Å². The highest BCUT2D eigenvalue weighted by Crippen LogP contribution is 2.23. The third-order valence-electron chi connectivity index (χ3n) is 4.52. The lowest BCUT2D eigenvalue weighted by atomic mass is 9.95. The summed E-state index contributed by atoms with van der Waals surface area (Å²) in [6.45, 7) is 3.85. The Kier molecular flexibility index (Phi) is 7.51. The Morgan fingerprint density at radius 2 is 1.70 bits per heavy atom. The molecule has 1 atom stereocenters. The van der Waals surface area contributed by atoms with E-state index < -0.39 is 42.5 Å². The van der Waals surface area contributed by atoms with Crippen molar-refractivity contribution in [1.29, 1.82) is 0 Å². The number of hydrogen-bond acceptors (Lipinski definition) is 6. The fraction of sp³-hybridized carbons (Fsp3) is 0.450. The van der Waals surface area contributed by atoms with E-state index in [0.29, 0.717) is 17.8 Å². The maximum absolute atomic E-state index is 12.5. The van der Waals surface area contributed by atoms with Gasteiger partial charge in [-0.2, -0.15) is 0 Å². The zero-order valence-electron chi connectivity index (χ0n) is 17.2. The average molecular weight is 418 g/mol. The molecule has 0 saturated carbocycles. The fourth-order valence-corrected chi connectivity index (χ4v) is 2.95. The zero-order chi connectivity index (χ0) is 22.3. The summed E-state index contributed by atoms with van der Waals surface area (Å²) < 4.78 is 4.88. The molecule has 1 aromatic carbocycles. The number of nitrogens with one attached hydrogen (secondary N) is 3. The molecule has 10 nitrogen and oxygen atoms in total. The van der Waals surface area contributed by atoms with E-state index in [2.05, 4.69) is 16.0 Å². The summed E-state index contributed by atoms with van der Waals surface area (Å²) in [6, 6.07) is 5.72. The topological polar surface area (TPSA) is 134 Å². The molecule has 0 radical (unpaired) electrons. The van der Waals surface area contributed by atoms with Crippen molar-refractivity contribution in [2.45, 2.75) is 45.6 Å². The lowest BCUT2D eigenvalue weighted by molar-refractivity contribution is -0.150. The molecule has 162 valence electrons. The second-order valence-electron chi connectivity index (χ2n) is 7.22. The van der Waals surface area contributed by atoms with Crippen molar-refractivity contribution in [3.8, 4) is 0 Å². The molecule has 10 heteroatoms. The van der Waals surface area contributed by atoms with E-state index in [4.69, 9.17) is 4.74 Å². The van der Waals surface area contributed by atoms with Gasteiger partial charge in [0.1, 0.15) is 12.1 Å². The first-order valence-electron chi connectivity index (χ1n) is 9.62. The number of rotatable bonds is 9. The molecule has 30 heavy (non-hydrogen) atoms. The second-order valence-corrected chi connectivity index (χ2v) is 7.22. The number of amides is 5. The fourth-order valence-electron chi connectivity index (χ4n) is 2.95. The average Bonchev–Trinajstić information content (AvgIpc) is 2.89. The number of urea groups is 1. The van der Waals surface area contributed by atoms with E-state index in [9.17, 15) is 24.0 Å². The molecule has 0 bridgehead atoms. The van der Waals surface area contributed by atoms with Crippen molar-refractivity contribution in [3.05, 3.63) is 24.3 Å². The van der Waals surface area contributed by atoms with Crippen LogP contribution in [0.3, 0.4) is 0 Å². The SMILES string of the molecule is CCCC[C@@]1(C)NC(=O)N(CC(=O)OCC(=O)Nc2ccc(NC(C)=O)cc2)C1=O. The van der Waals surface area contributed by atoms with Crippen LogP contribution in [0.4, 0.5) is 16.2 Å². The summed E-state index contributed by atoms with van der Waals surface area (Å²) in [5.74, 6) is -2.15. The standard InChI is InChI=1S/C20H26N4O6/c1-4-5-10-20(3)18(28)24(19(29)23-20)11-17(27)30-12-16(26)22-15-8-6-14(7-9-15)21-13(2)25/h6-9H,4-5,10-12H2,1-3H3,(H,21,25)(H,22,26)(H,23,29)/t20-/m1/s1. The molecule has 0 unspecified atom stereocenters. The lowest BCUT2D eigenvalue weighted by Gasteiger charge is -2.21. The number of ether oxygens (including phenoxy) is 1. The van der Waals surface area contributed by atoms with Crippen molar-refractivity contribution < 1.29 is 28.7 Å². The van der Waals surface area contributed by atoms with Crippen LogP contribution in [0.25, 0.3) is 0 Å². The summed E-state index contributed by atoms with van der Waals surface area (Å²) in [4.78, 5) is 60.3. The minimum absolute atomic E-state index is 0.213. The molecule has 1 aliphatic heterocycles. The van der Waals surface area contributed by atoms with Crippen LogP contribution >= 0.6 is 0 Å². The van der Waals surface area contributed by atoms with E-state index in [-0.39, 0.29) is 5.91 Å². The monoisotopic (exact) mass is 418 g/mol. The van der Waals surface area contributed by atoms with Crippen LogP contribution in [0.5, 0.6) is 0 Å². The van der Waals surface area contributed by atoms with Crippen LogP contribution in [0.15, 0.2) is 24.3 Å². The smallest absolute Gasteiger partial charge is 0.326 e. The van der Waals surface area contributed by atoms with Crippen LogP contribution in [-0.4, -0.2) is 53.3 Å². The summed E-state index contributed by atoms with van der Waals surface area (Å²) >= 11 is 0.